The second kappa shape index (κ2) is 5.00. The summed E-state index contributed by atoms with van der Waals surface area (Å²) in [4.78, 5) is 11.9. The molecule has 0 spiro atoms. The zero-order valence-corrected chi connectivity index (χ0v) is 11.3. The van der Waals surface area contributed by atoms with Crippen molar-refractivity contribution in [1.82, 2.24) is 0 Å². The number of hydrogen-bond acceptors (Lipinski definition) is 2. The normalized spacial score (nSPS) is 13.1. The van der Waals surface area contributed by atoms with Crippen LogP contribution in [0, 0.1) is 16.7 Å². The van der Waals surface area contributed by atoms with Crippen molar-refractivity contribution in [2.75, 3.05) is 6.61 Å². The molecule has 0 radical (unpaired) electrons. The smallest absolute Gasteiger partial charge is 0.312 e. The summed E-state index contributed by atoms with van der Waals surface area (Å²) < 4.78 is 5.14. The fraction of sp³-hybridized carbons (Fsp3) is 0.923. The molecule has 0 N–H and O–H groups in total. The molecule has 0 aliphatic heterocycles. The van der Waals surface area contributed by atoms with Crippen molar-refractivity contribution >= 4 is 5.97 Å². The third-order valence-corrected chi connectivity index (χ3v) is 3.40. The third kappa shape index (κ3) is 3.51. The van der Waals surface area contributed by atoms with Crippen molar-refractivity contribution in [3.8, 4) is 0 Å². The summed E-state index contributed by atoms with van der Waals surface area (Å²) in [5.74, 6) is 0.504. The first-order chi connectivity index (χ1) is 6.65. The maximum Gasteiger partial charge on any atom is 0.312 e. The van der Waals surface area contributed by atoms with E-state index in [0.717, 1.165) is 6.42 Å². The first-order valence-electron chi connectivity index (χ1n) is 5.82. The van der Waals surface area contributed by atoms with Crippen molar-refractivity contribution in [2.45, 2.75) is 54.9 Å². The maximum atomic E-state index is 11.9. The number of ether oxygens (including phenoxy) is 1. The SMILES string of the molecule is CCOC(=O)C(C)(C)C(C)(C)CC(C)C. The van der Waals surface area contributed by atoms with E-state index in [1.54, 1.807) is 0 Å². The molecule has 0 aromatic carbocycles. The van der Waals surface area contributed by atoms with E-state index in [9.17, 15) is 4.79 Å². The van der Waals surface area contributed by atoms with Crippen LogP contribution in [-0.2, 0) is 9.53 Å². The first-order valence-corrected chi connectivity index (χ1v) is 5.82. The monoisotopic (exact) mass is 214 g/mol. The van der Waals surface area contributed by atoms with Crippen LogP contribution in [0.1, 0.15) is 54.9 Å². The van der Waals surface area contributed by atoms with E-state index in [-0.39, 0.29) is 11.4 Å². The van der Waals surface area contributed by atoms with Crippen LogP contribution < -0.4 is 0 Å². The molecule has 2 nitrogen and oxygen atoms in total. The molecular weight excluding hydrogens is 188 g/mol. The van der Waals surface area contributed by atoms with Crippen LogP contribution in [0.3, 0.4) is 0 Å². The predicted molar refractivity (Wildman–Crippen MR) is 63.7 cm³/mol. The maximum absolute atomic E-state index is 11.9. The lowest BCUT2D eigenvalue weighted by Gasteiger charge is -2.40. The van der Waals surface area contributed by atoms with Gasteiger partial charge in [-0.25, -0.2) is 0 Å². The average molecular weight is 214 g/mol. The van der Waals surface area contributed by atoms with E-state index >= 15 is 0 Å². The minimum Gasteiger partial charge on any atom is -0.466 e. The number of carbonyl (C=O) groups excluding carboxylic acids is 1. The van der Waals surface area contributed by atoms with Gasteiger partial charge in [0.05, 0.1) is 12.0 Å². The van der Waals surface area contributed by atoms with Gasteiger partial charge in [-0.15, -0.1) is 0 Å². The molecule has 15 heavy (non-hydrogen) atoms. The summed E-state index contributed by atoms with van der Waals surface area (Å²) in [7, 11) is 0. The molecule has 90 valence electrons. The first kappa shape index (κ1) is 14.5. The van der Waals surface area contributed by atoms with E-state index < -0.39 is 5.41 Å². The number of esters is 1. The molecule has 0 aliphatic carbocycles. The van der Waals surface area contributed by atoms with Gasteiger partial charge in [-0.2, -0.15) is 0 Å². The Balaban J connectivity index is 4.75. The second-order valence-electron chi connectivity index (χ2n) is 5.83. The van der Waals surface area contributed by atoms with Crippen molar-refractivity contribution in [2.24, 2.45) is 16.7 Å². The highest BCUT2D eigenvalue weighted by molar-refractivity contribution is 5.76. The minimum atomic E-state index is -0.423. The summed E-state index contributed by atoms with van der Waals surface area (Å²) in [6.45, 7) is 14.9. The highest BCUT2D eigenvalue weighted by Gasteiger charge is 2.44. The topological polar surface area (TPSA) is 26.3 Å². The van der Waals surface area contributed by atoms with Crippen LogP contribution in [-0.4, -0.2) is 12.6 Å². The van der Waals surface area contributed by atoms with Crippen molar-refractivity contribution < 1.29 is 9.53 Å². The molecule has 0 saturated carbocycles. The minimum absolute atomic E-state index is 0.0343. The lowest BCUT2D eigenvalue weighted by atomic mass is 9.64. The molecule has 0 aliphatic rings. The van der Waals surface area contributed by atoms with Gasteiger partial charge in [-0.3, -0.25) is 4.79 Å². The molecule has 0 aromatic heterocycles. The fourth-order valence-corrected chi connectivity index (χ4v) is 1.86. The van der Waals surface area contributed by atoms with Gasteiger partial charge in [0, 0.05) is 0 Å². The quantitative estimate of drug-likeness (QED) is 0.653. The van der Waals surface area contributed by atoms with E-state index in [1.807, 2.05) is 20.8 Å². The van der Waals surface area contributed by atoms with E-state index in [1.165, 1.54) is 0 Å². The molecule has 0 bridgehead atoms. The van der Waals surface area contributed by atoms with Gasteiger partial charge in [0.25, 0.3) is 0 Å². The highest BCUT2D eigenvalue weighted by atomic mass is 16.5. The summed E-state index contributed by atoms with van der Waals surface area (Å²) in [6, 6.07) is 0. The Hall–Kier alpha value is -0.530. The summed E-state index contributed by atoms with van der Waals surface area (Å²) in [6.07, 6.45) is 1.03. The Kier molecular flexibility index (Phi) is 4.82. The molecule has 0 rings (SSSR count). The molecule has 0 aromatic rings. The summed E-state index contributed by atoms with van der Waals surface area (Å²) >= 11 is 0. The number of carbonyl (C=O) groups is 1. The van der Waals surface area contributed by atoms with E-state index in [2.05, 4.69) is 27.7 Å². The van der Waals surface area contributed by atoms with Gasteiger partial charge in [-0.05, 0) is 38.5 Å². The summed E-state index contributed by atoms with van der Waals surface area (Å²) in [5.41, 5.74) is -0.458. The Morgan fingerprint density at radius 3 is 2.00 bits per heavy atom. The molecule has 0 unspecified atom stereocenters. The Labute approximate surface area is 94.4 Å². The Morgan fingerprint density at radius 2 is 1.67 bits per heavy atom. The lowest BCUT2D eigenvalue weighted by molar-refractivity contribution is -0.161. The third-order valence-electron chi connectivity index (χ3n) is 3.40. The molecule has 0 atom stereocenters. The Morgan fingerprint density at radius 1 is 1.20 bits per heavy atom. The van der Waals surface area contributed by atoms with Crippen LogP contribution in [0.15, 0.2) is 0 Å². The number of hydrogen-bond donors (Lipinski definition) is 0. The van der Waals surface area contributed by atoms with Crippen LogP contribution in [0.4, 0.5) is 0 Å². The van der Waals surface area contributed by atoms with Gasteiger partial charge in [0.1, 0.15) is 0 Å². The average Bonchev–Trinajstić information content (AvgIpc) is 2.01. The van der Waals surface area contributed by atoms with Crippen LogP contribution in [0.25, 0.3) is 0 Å². The van der Waals surface area contributed by atoms with Crippen molar-refractivity contribution in [1.29, 1.82) is 0 Å². The molecule has 0 saturated heterocycles. The lowest BCUT2D eigenvalue weighted by Crippen LogP contribution is -2.41. The zero-order valence-electron chi connectivity index (χ0n) is 11.3. The van der Waals surface area contributed by atoms with Crippen LogP contribution in [0.2, 0.25) is 0 Å². The van der Waals surface area contributed by atoms with Crippen molar-refractivity contribution in [3.05, 3.63) is 0 Å². The standard InChI is InChI=1S/C13H26O2/c1-8-15-11(14)13(6,7)12(4,5)9-10(2)3/h10H,8-9H2,1-7H3. The zero-order chi connectivity index (χ0) is 12.3. The van der Waals surface area contributed by atoms with E-state index in [0.29, 0.717) is 12.5 Å². The largest absolute Gasteiger partial charge is 0.466 e. The van der Waals surface area contributed by atoms with Gasteiger partial charge in [0.15, 0.2) is 0 Å². The van der Waals surface area contributed by atoms with Gasteiger partial charge in [0.2, 0.25) is 0 Å². The molecular formula is C13H26O2. The van der Waals surface area contributed by atoms with Crippen molar-refractivity contribution in [3.63, 3.8) is 0 Å². The Bertz CT molecular complexity index is 215. The van der Waals surface area contributed by atoms with Crippen LogP contribution >= 0.6 is 0 Å². The van der Waals surface area contributed by atoms with Gasteiger partial charge in [-0.1, -0.05) is 27.7 Å². The van der Waals surface area contributed by atoms with Crippen LogP contribution in [0.5, 0.6) is 0 Å². The predicted octanol–water partition coefficient (Wildman–Crippen LogP) is 3.65. The highest BCUT2D eigenvalue weighted by Crippen LogP contribution is 2.44. The molecule has 0 heterocycles. The van der Waals surface area contributed by atoms with Gasteiger partial charge >= 0.3 is 5.97 Å². The number of rotatable bonds is 5. The van der Waals surface area contributed by atoms with E-state index in [4.69, 9.17) is 4.74 Å². The fourth-order valence-electron chi connectivity index (χ4n) is 1.86. The molecule has 0 amide bonds. The molecule has 2 heteroatoms. The summed E-state index contributed by atoms with van der Waals surface area (Å²) in [5, 5.41) is 0. The molecule has 0 fully saturated rings. The second-order valence-corrected chi connectivity index (χ2v) is 5.83. The van der Waals surface area contributed by atoms with Gasteiger partial charge < -0.3 is 4.74 Å².